The van der Waals surface area contributed by atoms with Crippen molar-refractivity contribution in [3.05, 3.63) is 42.1 Å². The number of hydrogen-bond acceptors (Lipinski definition) is 5. The number of rotatable bonds is 6. The number of carbonyl (C=O) groups excluding carboxylic acids is 1. The van der Waals surface area contributed by atoms with E-state index in [4.69, 9.17) is 5.10 Å². The minimum atomic E-state index is -0.167. The summed E-state index contributed by atoms with van der Waals surface area (Å²) in [4.78, 5) is 14.1. The molecule has 2 unspecified atom stereocenters. The highest BCUT2D eigenvalue weighted by Crippen LogP contribution is 2.47. The smallest absolute Gasteiger partial charge is 0.249 e. The minimum Gasteiger partial charge on any atom is -0.309 e. The van der Waals surface area contributed by atoms with Gasteiger partial charge >= 0.3 is 0 Å². The van der Waals surface area contributed by atoms with E-state index in [1.54, 1.807) is 0 Å². The summed E-state index contributed by atoms with van der Waals surface area (Å²) in [7, 11) is 0. The van der Waals surface area contributed by atoms with Crippen LogP contribution in [0.15, 0.2) is 36.4 Å². The maximum atomic E-state index is 12.7. The molecule has 2 aliphatic carbocycles. The van der Waals surface area contributed by atoms with Crippen molar-refractivity contribution in [2.75, 3.05) is 5.32 Å². The monoisotopic (exact) mass is 405 g/mol. The number of carbonyl (C=O) groups is 1. The Morgan fingerprint density at radius 3 is 2.63 bits per heavy atom. The third-order valence-electron chi connectivity index (χ3n) is 6.20. The van der Waals surface area contributed by atoms with Crippen molar-refractivity contribution in [1.82, 2.24) is 30.0 Å². The van der Waals surface area contributed by atoms with Crippen LogP contribution in [0.1, 0.15) is 63.1 Å². The van der Waals surface area contributed by atoms with Gasteiger partial charge in [0.15, 0.2) is 0 Å². The predicted molar refractivity (Wildman–Crippen MR) is 113 cm³/mol. The molecule has 8 heteroatoms. The molecule has 0 bridgehead atoms. The highest BCUT2D eigenvalue weighted by molar-refractivity contribution is 5.89. The quantitative estimate of drug-likeness (QED) is 0.673. The molecule has 8 nitrogen and oxygen atoms in total. The second-order valence-corrected chi connectivity index (χ2v) is 8.57. The van der Waals surface area contributed by atoms with Gasteiger partial charge < -0.3 is 5.32 Å². The second-order valence-electron chi connectivity index (χ2n) is 8.57. The van der Waals surface area contributed by atoms with Crippen LogP contribution < -0.4 is 5.32 Å². The van der Waals surface area contributed by atoms with Gasteiger partial charge in [-0.05, 0) is 30.4 Å². The Bertz CT molecular complexity index is 1020. The first-order chi connectivity index (χ1) is 14.7. The fourth-order valence-corrected chi connectivity index (χ4v) is 4.35. The Hall–Kier alpha value is -3.03. The van der Waals surface area contributed by atoms with Crippen LogP contribution in [0.5, 0.6) is 0 Å². The average molecular weight is 406 g/mol. The van der Waals surface area contributed by atoms with Gasteiger partial charge in [-0.25, -0.2) is 4.68 Å². The van der Waals surface area contributed by atoms with Crippen LogP contribution in [0.4, 0.5) is 5.82 Å². The first kappa shape index (κ1) is 19.0. The van der Waals surface area contributed by atoms with Crippen LogP contribution in [0.25, 0.3) is 11.4 Å². The van der Waals surface area contributed by atoms with Gasteiger partial charge in [0.25, 0.3) is 0 Å². The SMILES string of the molecule is CC1CC1c1cc(NC(=O)Cn2nnc(-c3ccccc3)n2)n(C2CCCCC2)n1. The lowest BCUT2D eigenvalue weighted by Crippen LogP contribution is -2.24. The standard InChI is InChI=1S/C22H27N7O/c1-15-12-18(15)19-13-20(29(25-19)17-10-6-3-7-11-17)23-21(30)14-28-26-22(24-27-28)16-8-4-2-5-9-16/h2,4-5,8-9,13,15,17-18H,3,6-7,10-12,14H2,1H3,(H,23,30). The van der Waals surface area contributed by atoms with E-state index in [0.29, 0.717) is 23.7 Å². The van der Waals surface area contributed by atoms with Gasteiger partial charge in [0.05, 0.1) is 11.7 Å². The number of benzene rings is 1. The van der Waals surface area contributed by atoms with Gasteiger partial charge in [-0.3, -0.25) is 4.79 Å². The molecule has 0 aliphatic heterocycles. The first-order valence-electron chi connectivity index (χ1n) is 10.9. The molecule has 2 fully saturated rings. The van der Waals surface area contributed by atoms with E-state index in [1.165, 1.54) is 30.5 Å². The summed E-state index contributed by atoms with van der Waals surface area (Å²) in [6, 6.07) is 12.1. The molecular formula is C22H27N7O. The molecule has 2 heterocycles. The van der Waals surface area contributed by atoms with E-state index in [-0.39, 0.29) is 12.5 Å². The molecule has 1 amide bonds. The Balaban J connectivity index is 1.30. The summed E-state index contributed by atoms with van der Waals surface area (Å²) in [6.07, 6.45) is 7.15. The van der Waals surface area contributed by atoms with E-state index >= 15 is 0 Å². The van der Waals surface area contributed by atoms with Crippen molar-refractivity contribution >= 4 is 11.7 Å². The Labute approximate surface area is 175 Å². The van der Waals surface area contributed by atoms with Gasteiger partial charge in [0.2, 0.25) is 11.7 Å². The van der Waals surface area contributed by atoms with Gasteiger partial charge in [0.1, 0.15) is 12.4 Å². The van der Waals surface area contributed by atoms with E-state index in [2.05, 4.69) is 38.4 Å². The molecule has 0 spiro atoms. The number of hydrogen-bond donors (Lipinski definition) is 1. The first-order valence-corrected chi connectivity index (χ1v) is 10.9. The molecular weight excluding hydrogens is 378 g/mol. The number of nitrogens with one attached hydrogen (secondary N) is 1. The minimum absolute atomic E-state index is 0.0187. The number of aromatic nitrogens is 6. The largest absolute Gasteiger partial charge is 0.309 e. The van der Waals surface area contributed by atoms with Crippen LogP contribution >= 0.6 is 0 Å². The van der Waals surface area contributed by atoms with Crippen molar-refractivity contribution in [2.45, 2.75) is 64.0 Å². The second kappa shape index (κ2) is 8.01. The van der Waals surface area contributed by atoms with Crippen LogP contribution in [0, 0.1) is 5.92 Å². The number of nitrogens with zero attached hydrogens (tertiary/aromatic N) is 6. The Kier molecular flexibility index (Phi) is 5.06. The van der Waals surface area contributed by atoms with Crippen molar-refractivity contribution in [3.8, 4) is 11.4 Å². The van der Waals surface area contributed by atoms with Crippen molar-refractivity contribution in [1.29, 1.82) is 0 Å². The molecule has 5 rings (SSSR count). The maximum Gasteiger partial charge on any atom is 0.249 e. The van der Waals surface area contributed by atoms with Crippen LogP contribution in [0.2, 0.25) is 0 Å². The summed E-state index contributed by atoms with van der Waals surface area (Å²) < 4.78 is 2.06. The van der Waals surface area contributed by atoms with Gasteiger partial charge in [0, 0.05) is 17.5 Å². The number of tetrazole rings is 1. The van der Waals surface area contributed by atoms with Crippen molar-refractivity contribution in [3.63, 3.8) is 0 Å². The molecule has 3 aromatic rings. The maximum absolute atomic E-state index is 12.7. The fourth-order valence-electron chi connectivity index (χ4n) is 4.35. The molecule has 2 atom stereocenters. The third-order valence-corrected chi connectivity index (χ3v) is 6.20. The van der Waals surface area contributed by atoms with Crippen molar-refractivity contribution in [2.24, 2.45) is 5.92 Å². The lowest BCUT2D eigenvalue weighted by molar-refractivity contribution is -0.117. The van der Waals surface area contributed by atoms with Gasteiger partial charge in [-0.1, -0.05) is 56.5 Å². The zero-order valence-corrected chi connectivity index (χ0v) is 17.2. The zero-order valence-electron chi connectivity index (χ0n) is 17.2. The lowest BCUT2D eigenvalue weighted by atomic mass is 9.96. The van der Waals surface area contributed by atoms with Gasteiger partial charge in [-0.2, -0.15) is 9.90 Å². The van der Waals surface area contributed by atoms with E-state index in [9.17, 15) is 4.79 Å². The van der Waals surface area contributed by atoms with Crippen LogP contribution in [-0.4, -0.2) is 35.9 Å². The van der Waals surface area contributed by atoms with Crippen LogP contribution in [0.3, 0.4) is 0 Å². The molecule has 30 heavy (non-hydrogen) atoms. The highest BCUT2D eigenvalue weighted by Gasteiger charge is 2.37. The van der Waals surface area contributed by atoms with E-state index < -0.39 is 0 Å². The zero-order chi connectivity index (χ0) is 20.5. The number of anilines is 1. The molecule has 0 radical (unpaired) electrons. The molecule has 2 saturated carbocycles. The predicted octanol–water partition coefficient (Wildman–Crippen LogP) is 3.80. The Morgan fingerprint density at radius 2 is 1.90 bits per heavy atom. The number of amides is 1. The summed E-state index contributed by atoms with van der Waals surface area (Å²) >= 11 is 0. The van der Waals surface area contributed by atoms with Crippen LogP contribution in [-0.2, 0) is 11.3 Å². The highest BCUT2D eigenvalue weighted by atomic mass is 16.2. The normalized spacial score (nSPS) is 21.5. The summed E-state index contributed by atoms with van der Waals surface area (Å²) in [5.74, 6) is 2.35. The van der Waals surface area contributed by atoms with E-state index in [0.717, 1.165) is 29.9 Å². The Morgan fingerprint density at radius 1 is 1.13 bits per heavy atom. The van der Waals surface area contributed by atoms with E-state index in [1.807, 2.05) is 30.3 Å². The molecule has 1 N–H and O–H groups in total. The molecule has 2 aromatic heterocycles. The summed E-state index contributed by atoms with van der Waals surface area (Å²) in [5.41, 5.74) is 1.98. The molecule has 0 saturated heterocycles. The third kappa shape index (κ3) is 3.99. The summed E-state index contributed by atoms with van der Waals surface area (Å²) in [5, 5.41) is 20.4. The topological polar surface area (TPSA) is 90.5 Å². The molecule has 2 aliphatic rings. The summed E-state index contributed by atoms with van der Waals surface area (Å²) in [6.45, 7) is 2.27. The van der Waals surface area contributed by atoms with Gasteiger partial charge in [-0.15, -0.1) is 10.2 Å². The average Bonchev–Trinajstić information content (AvgIpc) is 3.15. The lowest BCUT2D eigenvalue weighted by Gasteiger charge is -2.23. The molecule has 1 aromatic carbocycles. The molecule has 156 valence electrons. The van der Waals surface area contributed by atoms with Crippen molar-refractivity contribution < 1.29 is 4.79 Å². The fraction of sp³-hybridized carbons (Fsp3) is 0.500.